The zero-order chi connectivity index (χ0) is 79.7. The topological polar surface area (TPSA) is 298 Å². The lowest BCUT2D eigenvalue weighted by molar-refractivity contribution is -0.159. The highest BCUT2D eigenvalue weighted by molar-refractivity contribution is 7.92. The van der Waals surface area contributed by atoms with Gasteiger partial charge in [0.25, 0.3) is 0 Å². The first-order valence-corrected chi connectivity index (χ1v) is 43.0. The van der Waals surface area contributed by atoms with E-state index < -0.39 is 116 Å². The average Bonchev–Trinajstić information content (AvgIpc) is 1.54. The number of aryl methyl sites for hydroxylation is 4. The molecular formula is C84H108Cl2N6O16S2. The molecule has 5 aliphatic heterocycles. The highest BCUT2D eigenvalue weighted by Crippen LogP contribution is 2.60. The number of benzene rings is 2. The Hall–Kier alpha value is -7.28. The summed E-state index contributed by atoms with van der Waals surface area (Å²) in [6, 6.07) is 9.18. The van der Waals surface area contributed by atoms with Gasteiger partial charge in [0.1, 0.15) is 33.9 Å². The summed E-state index contributed by atoms with van der Waals surface area (Å²) in [7, 11) is -7.90. The van der Waals surface area contributed by atoms with Gasteiger partial charge in [0.15, 0.2) is 11.6 Å². The number of sulfonamides is 2. The van der Waals surface area contributed by atoms with E-state index in [2.05, 4.69) is 22.6 Å². The van der Waals surface area contributed by atoms with Crippen LogP contribution in [0.25, 0.3) is 21.8 Å². The summed E-state index contributed by atoms with van der Waals surface area (Å²) < 4.78 is 80.5. The highest BCUT2D eigenvalue weighted by Gasteiger charge is 2.66. The van der Waals surface area contributed by atoms with E-state index in [0.29, 0.717) is 116 Å². The molecule has 9 aliphatic rings. The fourth-order valence-corrected chi connectivity index (χ4v) is 20.3. The lowest BCUT2D eigenvalue weighted by atomic mass is 9.85. The van der Waals surface area contributed by atoms with E-state index in [-0.39, 0.29) is 87.3 Å². The number of allylic oxidation sites excluding steroid dienone is 4. The molecule has 4 amide bonds. The van der Waals surface area contributed by atoms with E-state index in [4.69, 9.17) is 52.1 Å². The second kappa shape index (κ2) is 30.9. The number of nitrogens with one attached hydrogen (secondary N) is 2. The maximum atomic E-state index is 14.9. The molecule has 13 rings (SSSR count). The number of likely N-dealkylation sites (tertiary alicyclic amines) is 1. The van der Waals surface area contributed by atoms with Gasteiger partial charge in [0.2, 0.25) is 43.7 Å². The molecule has 2 saturated heterocycles. The number of fused-ring (bicyclic) bond motifs is 8. The van der Waals surface area contributed by atoms with Crippen molar-refractivity contribution in [2.75, 3.05) is 13.1 Å². The Morgan fingerprint density at radius 3 is 1.82 bits per heavy atom. The quantitative estimate of drug-likeness (QED) is 0.0445. The van der Waals surface area contributed by atoms with Gasteiger partial charge in [-0.1, -0.05) is 73.2 Å². The number of esters is 2. The van der Waals surface area contributed by atoms with E-state index in [1.54, 1.807) is 83.4 Å². The zero-order valence-electron chi connectivity index (χ0n) is 65.3. The number of aromatic nitrogens is 2. The SMILES string of the molecule is C=CCCCCC[C@H](CC(=O)OC(C)(C)C)C(=O)N1C[C@@]2(CCc3c(c(C)nc4ccc(Cl)cc34)O2)C[C@H]1C(=O)C[C@]1(C(=O)NS(=O)(=O)C2(C)CC2)C[C@H]1C=C.Cc1nc2ccc(Cl)cc2c2c1O[C@]1(CC2)C[C@H]2C(=O)C[C@]3(C(=O)NS(=O)(=O)C4(C)CC4)C[C@H]3/C=C\CCCCC[C@H](CC(=O)OC(C)(C)C)C(=O)N2C1. The summed E-state index contributed by atoms with van der Waals surface area (Å²) in [6.07, 6.45) is 18.9. The maximum Gasteiger partial charge on any atom is 0.307 e. The van der Waals surface area contributed by atoms with Crippen molar-refractivity contribution in [2.45, 2.75) is 280 Å². The van der Waals surface area contributed by atoms with E-state index in [1.807, 2.05) is 56.3 Å². The number of hydrogen-bond acceptors (Lipinski definition) is 18. The average molecular weight is 1590 g/mol. The minimum atomic E-state index is -3.96. The fourth-order valence-electron chi connectivity index (χ4n) is 17.3. The van der Waals surface area contributed by atoms with E-state index in [0.717, 1.165) is 71.5 Å². The Labute approximate surface area is 657 Å². The van der Waals surface area contributed by atoms with Crippen molar-refractivity contribution < 1.29 is 74.1 Å². The van der Waals surface area contributed by atoms with Gasteiger partial charge in [0, 0.05) is 69.5 Å². The normalized spacial score (nSPS) is 27.8. The molecule has 4 aliphatic carbocycles. The van der Waals surface area contributed by atoms with Gasteiger partial charge in [0.05, 0.1) is 80.8 Å². The molecule has 2 aromatic heterocycles. The fraction of sp³-hybridized carbons (Fsp3) is 0.619. The Morgan fingerprint density at radius 1 is 0.709 bits per heavy atom. The van der Waals surface area contributed by atoms with Gasteiger partial charge in [-0.25, -0.2) is 26.8 Å². The maximum absolute atomic E-state index is 14.9. The first-order chi connectivity index (χ1) is 51.6. The molecule has 596 valence electrons. The van der Waals surface area contributed by atoms with Crippen molar-refractivity contribution in [2.24, 2.45) is 34.5 Å². The predicted octanol–water partition coefficient (Wildman–Crippen LogP) is 14.2. The number of carbonyl (C=O) groups is 8. The summed E-state index contributed by atoms with van der Waals surface area (Å²) in [4.78, 5) is 126. The smallest absolute Gasteiger partial charge is 0.307 e. The van der Waals surface area contributed by atoms with Crippen LogP contribution in [0.2, 0.25) is 10.0 Å². The number of unbranched alkanes of at least 4 members (excludes halogenated alkanes) is 3. The van der Waals surface area contributed by atoms with Crippen molar-refractivity contribution in [3.63, 3.8) is 0 Å². The van der Waals surface area contributed by atoms with Crippen LogP contribution in [-0.4, -0.2) is 141 Å². The van der Waals surface area contributed by atoms with Gasteiger partial charge in [-0.15, -0.1) is 13.2 Å². The molecule has 22 nitrogen and oxygen atoms in total. The second-order valence-corrected chi connectivity index (χ2v) is 40.7. The van der Waals surface area contributed by atoms with Crippen LogP contribution in [0.1, 0.15) is 232 Å². The molecule has 110 heavy (non-hydrogen) atoms. The predicted molar refractivity (Wildman–Crippen MR) is 420 cm³/mol. The number of ketones is 2. The Kier molecular flexibility index (Phi) is 23.1. The molecule has 4 aromatic rings. The van der Waals surface area contributed by atoms with Crippen LogP contribution in [0.15, 0.2) is 73.9 Å². The third-order valence-electron chi connectivity index (χ3n) is 24.5. The molecule has 2 spiro atoms. The van der Waals surface area contributed by atoms with Crippen LogP contribution in [0.5, 0.6) is 11.5 Å². The van der Waals surface area contributed by atoms with Crippen molar-refractivity contribution in [1.82, 2.24) is 29.2 Å². The number of nitrogens with zero attached hydrogens (tertiary/aromatic N) is 4. The molecule has 0 radical (unpaired) electrons. The van der Waals surface area contributed by atoms with E-state index in [9.17, 15) is 55.2 Å². The molecule has 4 saturated carbocycles. The number of ether oxygens (including phenoxy) is 4. The Balaban J connectivity index is 0.000000205. The molecule has 0 unspecified atom stereocenters. The van der Waals surface area contributed by atoms with Crippen molar-refractivity contribution in [3.8, 4) is 11.5 Å². The number of amides is 4. The van der Waals surface area contributed by atoms with Crippen molar-refractivity contribution in [1.29, 1.82) is 0 Å². The second-order valence-electron chi connectivity index (χ2n) is 35.5. The van der Waals surface area contributed by atoms with E-state index >= 15 is 0 Å². The van der Waals surface area contributed by atoms with Gasteiger partial charge in [-0.2, -0.15) is 0 Å². The summed E-state index contributed by atoms with van der Waals surface area (Å²) >= 11 is 12.8. The summed E-state index contributed by atoms with van der Waals surface area (Å²) in [6.45, 7) is 25.5. The molecule has 26 heteroatoms. The third kappa shape index (κ3) is 17.4. The van der Waals surface area contributed by atoms with Crippen LogP contribution in [0.3, 0.4) is 0 Å². The molecule has 2 aromatic carbocycles. The largest absolute Gasteiger partial charge is 0.483 e. The number of halogens is 2. The molecular weight excluding hydrogens is 1480 g/mol. The highest BCUT2D eigenvalue weighted by atomic mass is 35.5. The van der Waals surface area contributed by atoms with Gasteiger partial charge >= 0.3 is 11.9 Å². The first kappa shape index (κ1) is 82.2. The minimum Gasteiger partial charge on any atom is -0.483 e. The van der Waals surface area contributed by atoms with Crippen LogP contribution in [0.4, 0.5) is 0 Å². The standard InChI is InChI=1S/C43H56ClN3O8S.C41H52ClN3O8S/c1-8-10-11-12-13-14-28(21-36(49)54-40(4,5)6)38(50)47-26-42(18-17-31-32-22-30(44)15-16-33(32)45-27(3)37(31)55-42)24-34(47)35(48)25-43(23-29(43)9-2)39(51)46-56(52,53)41(7)19-20-41;1-25-35-29(30-20-28(42)13-14-31(30)43-25)15-16-40(53-35)22-32-33(46)23-41(37(49)44-54(50,51)39(5)17-18-39)21-27(41)12-10-8-6-7-9-11-26(36(48)45(32)24-40)19-34(47)52-38(2,3)4/h8-9,15-16,22,28-29,34H,1-2,10-14,17-21,23-26H2,3-7H3,(H,46,51);10,12-14,20,26-27,32H,6-9,11,15-19,21-24H2,1-5H3,(H,44,49)/b;12-10-/t28-,29-,34+,42-,43-;26-,27-,32+,40-,41-/m11/s1. The first-order valence-electron chi connectivity index (χ1n) is 39.3. The summed E-state index contributed by atoms with van der Waals surface area (Å²) in [5.41, 5.74) is -1.00. The van der Waals surface area contributed by atoms with Gasteiger partial charge in [-0.05, 0) is 220 Å². The van der Waals surface area contributed by atoms with Crippen LogP contribution < -0.4 is 18.9 Å². The van der Waals surface area contributed by atoms with E-state index in [1.165, 1.54) is 0 Å². The van der Waals surface area contributed by atoms with Crippen LogP contribution in [0, 0.1) is 48.3 Å². The van der Waals surface area contributed by atoms with Crippen molar-refractivity contribution in [3.05, 3.63) is 106 Å². The molecule has 0 bridgehead atoms. The Bertz CT molecular complexity index is 4680. The molecule has 2 N–H and O–H groups in total. The third-order valence-corrected chi connectivity index (χ3v) is 29.3. The van der Waals surface area contributed by atoms with Crippen molar-refractivity contribution >= 4 is 112 Å². The van der Waals surface area contributed by atoms with Crippen LogP contribution >= 0.6 is 23.2 Å². The number of hydrogen-bond donors (Lipinski definition) is 2. The molecule has 6 fully saturated rings. The van der Waals surface area contributed by atoms with Crippen LogP contribution in [-0.2, 0) is 80.7 Å². The Morgan fingerprint density at radius 2 is 1.27 bits per heavy atom. The molecule has 7 heterocycles. The molecule has 10 atom stereocenters. The summed E-state index contributed by atoms with van der Waals surface area (Å²) in [5.74, 6) is -4.65. The number of pyridine rings is 2. The number of Topliss-reactive ketones (excluding diaryl/α,β-unsaturated/α-hetero) is 2. The zero-order valence-corrected chi connectivity index (χ0v) is 68.5. The number of rotatable bonds is 21. The lowest BCUT2D eigenvalue weighted by Crippen LogP contribution is -2.48. The van der Waals surface area contributed by atoms with Gasteiger partial charge in [-0.3, -0.25) is 47.8 Å². The lowest BCUT2D eigenvalue weighted by Gasteiger charge is -2.36. The minimum absolute atomic E-state index is 0.0901. The number of carbonyl (C=O) groups excluding carboxylic acids is 8. The van der Waals surface area contributed by atoms with Gasteiger partial charge < -0.3 is 28.7 Å². The monoisotopic (exact) mass is 1590 g/mol. The summed E-state index contributed by atoms with van der Waals surface area (Å²) in [5, 5.41) is 2.93.